The first-order valence-electron chi connectivity index (χ1n) is 2.79. The largest absolute Gasteiger partial charge is 0.704 e. The Bertz CT molecular complexity index is 243. The average Bonchev–Trinajstić information content (AvgIpc) is 2.05. The van der Waals surface area contributed by atoms with Gasteiger partial charge in [-0.3, -0.25) is 4.79 Å². The van der Waals surface area contributed by atoms with Crippen molar-refractivity contribution in [2.75, 3.05) is 0 Å². The Balaban J connectivity index is 2.95. The van der Waals surface area contributed by atoms with E-state index in [1.165, 1.54) is 0 Å². The van der Waals surface area contributed by atoms with Gasteiger partial charge in [0.1, 0.15) is 0 Å². The maximum Gasteiger partial charge on any atom is 0.256 e. The number of hydrogen-bond acceptors (Lipinski definition) is 1. The molecule has 50 valence electrons. The minimum atomic E-state index is -0.611. The summed E-state index contributed by atoms with van der Waals surface area (Å²) in [7, 11) is 0. The van der Waals surface area contributed by atoms with Gasteiger partial charge < -0.3 is 10.6 Å². The molecule has 1 amide bonds. The van der Waals surface area contributed by atoms with Crippen LogP contribution >= 0.6 is 0 Å². The average molecular weight is 133 g/mol. The molecule has 0 aliphatic heterocycles. The SMILES string of the molecule is [N-]=NC(=O)c1ccccc1. The van der Waals surface area contributed by atoms with Gasteiger partial charge in [0.15, 0.2) is 0 Å². The van der Waals surface area contributed by atoms with Crippen molar-refractivity contribution in [1.29, 1.82) is 0 Å². The molecule has 0 spiro atoms. The Morgan fingerprint density at radius 1 is 1.30 bits per heavy atom. The van der Waals surface area contributed by atoms with Gasteiger partial charge in [-0.1, -0.05) is 18.2 Å². The van der Waals surface area contributed by atoms with E-state index in [2.05, 4.69) is 5.11 Å². The topological polar surface area (TPSA) is 51.7 Å². The predicted molar refractivity (Wildman–Crippen MR) is 36.6 cm³/mol. The van der Waals surface area contributed by atoms with Crippen LogP contribution in [0, 0.1) is 0 Å². The molecule has 0 unspecified atom stereocenters. The molecule has 0 saturated heterocycles. The third kappa shape index (κ3) is 1.25. The molecular formula is C7H5N2O-. The Labute approximate surface area is 58.2 Å². The van der Waals surface area contributed by atoms with E-state index in [9.17, 15) is 4.79 Å². The molecule has 0 atom stereocenters. The molecule has 0 radical (unpaired) electrons. The minimum Gasteiger partial charge on any atom is -0.704 e. The zero-order valence-electron chi connectivity index (χ0n) is 5.19. The maximum absolute atomic E-state index is 10.6. The van der Waals surface area contributed by atoms with Gasteiger partial charge in [-0.15, -0.1) is 0 Å². The summed E-state index contributed by atoms with van der Waals surface area (Å²) in [5, 5.41) is 2.52. The Morgan fingerprint density at radius 3 is 2.40 bits per heavy atom. The summed E-state index contributed by atoms with van der Waals surface area (Å²) in [4.78, 5) is 10.6. The lowest BCUT2D eigenvalue weighted by Gasteiger charge is -1.93. The van der Waals surface area contributed by atoms with Crippen LogP contribution in [-0.4, -0.2) is 5.91 Å². The second kappa shape index (κ2) is 2.87. The van der Waals surface area contributed by atoms with Gasteiger partial charge in [-0.2, -0.15) is 0 Å². The summed E-state index contributed by atoms with van der Waals surface area (Å²) in [5.74, 6) is -0.611. The van der Waals surface area contributed by atoms with E-state index in [4.69, 9.17) is 5.53 Å². The van der Waals surface area contributed by atoms with Crippen molar-refractivity contribution < 1.29 is 4.79 Å². The van der Waals surface area contributed by atoms with Gasteiger partial charge in [-0.25, -0.2) is 0 Å². The van der Waals surface area contributed by atoms with E-state index >= 15 is 0 Å². The quantitative estimate of drug-likeness (QED) is 0.539. The van der Waals surface area contributed by atoms with Crippen LogP contribution in [0.1, 0.15) is 10.4 Å². The first kappa shape index (κ1) is 6.61. The number of benzene rings is 1. The molecule has 3 heteroatoms. The molecule has 0 heterocycles. The lowest BCUT2D eigenvalue weighted by molar-refractivity contribution is 0.100. The zero-order valence-corrected chi connectivity index (χ0v) is 5.19. The van der Waals surface area contributed by atoms with E-state index in [1.807, 2.05) is 0 Å². The summed E-state index contributed by atoms with van der Waals surface area (Å²) >= 11 is 0. The lowest BCUT2D eigenvalue weighted by Crippen LogP contribution is -1.90. The molecule has 0 N–H and O–H groups in total. The maximum atomic E-state index is 10.6. The Hall–Kier alpha value is -1.51. The second-order valence-corrected chi connectivity index (χ2v) is 1.77. The van der Waals surface area contributed by atoms with Crippen LogP contribution in [0.15, 0.2) is 35.4 Å². The number of amides is 1. The number of carbonyl (C=O) groups excluding carboxylic acids is 1. The van der Waals surface area contributed by atoms with Crippen LogP contribution in [0.4, 0.5) is 0 Å². The van der Waals surface area contributed by atoms with E-state index in [-0.39, 0.29) is 0 Å². The molecule has 3 nitrogen and oxygen atoms in total. The molecule has 0 saturated carbocycles. The first-order chi connectivity index (χ1) is 4.84. The van der Waals surface area contributed by atoms with Crippen LogP contribution < -0.4 is 0 Å². The van der Waals surface area contributed by atoms with Crippen LogP contribution in [0.3, 0.4) is 0 Å². The lowest BCUT2D eigenvalue weighted by atomic mass is 10.2. The molecule has 1 aromatic carbocycles. The fourth-order valence-electron chi connectivity index (χ4n) is 0.638. The van der Waals surface area contributed by atoms with Crippen molar-refractivity contribution in [2.45, 2.75) is 0 Å². The molecule has 1 aromatic rings. The van der Waals surface area contributed by atoms with Crippen LogP contribution in [-0.2, 0) is 0 Å². The fraction of sp³-hybridized carbons (Fsp3) is 0. The highest BCUT2D eigenvalue weighted by Crippen LogP contribution is 1.99. The molecule has 0 aliphatic rings. The van der Waals surface area contributed by atoms with E-state index in [0.29, 0.717) is 5.56 Å². The smallest absolute Gasteiger partial charge is 0.256 e. The highest BCUT2D eigenvalue weighted by Gasteiger charge is 1.95. The summed E-state index contributed by atoms with van der Waals surface area (Å²) in [6.45, 7) is 0. The van der Waals surface area contributed by atoms with Crippen molar-refractivity contribution in [2.24, 2.45) is 5.11 Å². The Morgan fingerprint density at radius 2 is 1.90 bits per heavy atom. The second-order valence-electron chi connectivity index (χ2n) is 1.77. The van der Waals surface area contributed by atoms with Crippen molar-refractivity contribution in [3.05, 3.63) is 41.4 Å². The number of hydrogen-bond donors (Lipinski definition) is 0. The summed E-state index contributed by atoms with van der Waals surface area (Å²) < 4.78 is 0. The van der Waals surface area contributed by atoms with Gasteiger partial charge in [-0.05, 0) is 12.1 Å². The summed E-state index contributed by atoms with van der Waals surface area (Å²) in [5.41, 5.74) is 8.46. The predicted octanol–water partition coefficient (Wildman–Crippen LogP) is 1.85. The standard InChI is InChI=1S/C7H5N2O/c8-9-7(10)6-4-2-1-3-5-6/h1-5H/q-1. The van der Waals surface area contributed by atoms with Crippen LogP contribution in [0.2, 0.25) is 0 Å². The van der Waals surface area contributed by atoms with Crippen LogP contribution in [0.25, 0.3) is 5.53 Å². The molecule has 1 rings (SSSR count). The number of carbonyl (C=O) groups is 1. The molecular weight excluding hydrogens is 128 g/mol. The van der Waals surface area contributed by atoms with E-state index in [0.717, 1.165) is 0 Å². The summed E-state index contributed by atoms with van der Waals surface area (Å²) in [6.07, 6.45) is 0. The molecule has 10 heavy (non-hydrogen) atoms. The summed E-state index contributed by atoms with van der Waals surface area (Å²) in [6, 6.07) is 8.37. The monoisotopic (exact) mass is 133 g/mol. The highest BCUT2D eigenvalue weighted by atomic mass is 16.1. The van der Waals surface area contributed by atoms with E-state index in [1.54, 1.807) is 30.3 Å². The van der Waals surface area contributed by atoms with Crippen molar-refractivity contribution in [3.8, 4) is 0 Å². The first-order valence-corrected chi connectivity index (χ1v) is 2.79. The van der Waals surface area contributed by atoms with Crippen molar-refractivity contribution >= 4 is 5.91 Å². The molecule has 0 aliphatic carbocycles. The van der Waals surface area contributed by atoms with Gasteiger partial charge in [0.05, 0.1) is 0 Å². The third-order valence-electron chi connectivity index (χ3n) is 1.11. The van der Waals surface area contributed by atoms with Crippen molar-refractivity contribution in [1.82, 2.24) is 0 Å². The zero-order chi connectivity index (χ0) is 7.40. The number of rotatable bonds is 1. The normalized spacial score (nSPS) is 8.80. The molecule has 0 bridgehead atoms. The minimum absolute atomic E-state index is 0.394. The van der Waals surface area contributed by atoms with Gasteiger partial charge in [0.2, 0.25) is 0 Å². The van der Waals surface area contributed by atoms with Gasteiger partial charge in [0, 0.05) is 5.56 Å². The van der Waals surface area contributed by atoms with Gasteiger partial charge >= 0.3 is 0 Å². The van der Waals surface area contributed by atoms with Crippen molar-refractivity contribution in [3.63, 3.8) is 0 Å². The van der Waals surface area contributed by atoms with Crippen LogP contribution in [0.5, 0.6) is 0 Å². The third-order valence-corrected chi connectivity index (χ3v) is 1.11. The molecule has 0 aromatic heterocycles. The van der Waals surface area contributed by atoms with E-state index < -0.39 is 5.91 Å². The number of nitrogens with zero attached hydrogens (tertiary/aromatic N) is 2. The highest BCUT2D eigenvalue weighted by molar-refractivity contribution is 5.94. The van der Waals surface area contributed by atoms with Gasteiger partial charge in [0.25, 0.3) is 5.91 Å². The fourth-order valence-corrected chi connectivity index (χ4v) is 0.638. The Kier molecular flexibility index (Phi) is 1.89. The molecule has 0 fully saturated rings.